The lowest BCUT2D eigenvalue weighted by molar-refractivity contribution is 1.23. The number of H-pyrrole nitrogens is 1. The minimum atomic E-state index is 0.569. The number of nitrogens with one attached hydrogen (secondary N) is 1. The summed E-state index contributed by atoms with van der Waals surface area (Å²) in [5.74, 6) is 0.778. The molecule has 0 aromatic carbocycles. The molecule has 0 saturated carbocycles. The zero-order valence-electron chi connectivity index (χ0n) is 6.53. The molecule has 3 N–H and O–H groups in total. The van der Waals surface area contributed by atoms with Gasteiger partial charge in [-0.1, -0.05) is 0 Å². The standard InChI is InChI=1S/C7H8N4S/c1-4-2-9-6(10-4)5-3-12-7(8)11-5/h2-3H,1H3,(H2,8,11)(H,9,10). The Balaban J connectivity index is 2.43. The number of rotatable bonds is 1. The van der Waals surface area contributed by atoms with Gasteiger partial charge in [0.2, 0.25) is 0 Å². The number of nitrogen functional groups attached to an aromatic ring is 1. The number of hydrogen-bond acceptors (Lipinski definition) is 4. The van der Waals surface area contributed by atoms with Crippen molar-refractivity contribution in [2.75, 3.05) is 5.73 Å². The van der Waals surface area contributed by atoms with E-state index in [1.807, 2.05) is 12.3 Å². The predicted molar refractivity (Wildman–Crippen MR) is 48.8 cm³/mol. The molecule has 0 radical (unpaired) electrons. The number of hydrogen-bond donors (Lipinski definition) is 2. The fourth-order valence-corrected chi connectivity index (χ4v) is 1.49. The van der Waals surface area contributed by atoms with Gasteiger partial charge in [-0.25, -0.2) is 9.97 Å². The van der Waals surface area contributed by atoms with Crippen LogP contribution in [-0.2, 0) is 0 Å². The number of imidazole rings is 1. The maximum absolute atomic E-state index is 5.49. The molecule has 4 nitrogen and oxygen atoms in total. The summed E-state index contributed by atoms with van der Waals surface area (Å²) >= 11 is 1.42. The van der Waals surface area contributed by atoms with E-state index >= 15 is 0 Å². The van der Waals surface area contributed by atoms with Crippen molar-refractivity contribution in [1.82, 2.24) is 15.0 Å². The van der Waals surface area contributed by atoms with Gasteiger partial charge in [-0.2, -0.15) is 0 Å². The number of aromatic nitrogens is 3. The first-order chi connectivity index (χ1) is 5.75. The zero-order chi connectivity index (χ0) is 8.55. The molecule has 2 aromatic rings. The van der Waals surface area contributed by atoms with E-state index < -0.39 is 0 Å². The van der Waals surface area contributed by atoms with Crippen LogP contribution in [0, 0.1) is 6.92 Å². The van der Waals surface area contributed by atoms with Crippen molar-refractivity contribution in [1.29, 1.82) is 0 Å². The monoisotopic (exact) mass is 180 g/mol. The molecule has 12 heavy (non-hydrogen) atoms. The molecule has 2 aromatic heterocycles. The molecule has 0 aliphatic rings. The first-order valence-electron chi connectivity index (χ1n) is 3.48. The van der Waals surface area contributed by atoms with Crippen molar-refractivity contribution in [2.24, 2.45) is 0 Å². The van der Waals surface area contributed by atoms with Gasteiger partial charge in [0.25, 0.3) is 0 Å². The maximum Gasteiger partial charge on any atom is 0.180 e. The van der Waals surface area contributed by atoms with Crippen molar-refractivity contribution in [3.63, 3.8) is 0 Å². The van der Waals surface area contributed by atoms with Crippen LogP contribution in [0.3, 0.4) is 0 Å². The lowest BCUT2D eigenvalue weighted by atomic mass is 10.5. The fourth-order valence-electron chi connectivity index (χ4n) is 0.939. The molecular formula is C7H8N4S. The minimum Gasteiger partial charge on any atom is -0.375 e. The molecule has 0 unspecified atom stereocenters. The van der Waals surface area contributed by atoms with Crippen LogP contribution in [0.25, 0.3) is 11.5 Å². The van der Waals surface area contributed by atoms with Crippen LogP contribution < -0.4 is 5.73 Å². The highest BCUT2D eigenvalue weighted by Gasteiger charge is 2.04. The topological polar surface area (TPSA) is 67.6 Å². The molecule has 0 spiro atoms. The Morgan fingerprint density at radius 3 is 2.92 bits per heavy atom. The van der Waals surface area contributed by atoms with E-state index in [4.69, 9.17) is 5.73 Å². The highest BCUT2D eigenvalue weighted by molar-refractivity contribution is 7.13. The van der Waals surface area contributed by atoms with E-state index in [9.17, 15) is 0 Å². The van der Waals surface area contributed by atoms with Gasteiger partial charge in [0.05, 0.1) is 0 Å². The highest BCUT2D eigenvalue weighted by atomic mass is 32.1. The van der Waals surface area contributed by atoms with Gasteiger partial charge in [-0.15, -0.1) is 11.3 Å². The summed E-state index contributed by atoms with van der Waals surface area (Å²) in [6, 6.07) is 0. The second-order valence-electron chi connectivity index (χ2n) is 2.49. The molecule has 62 valence electrons. The van der Waals surface area contributed by atoms with Crippen LogP contribution >= 0.6 is 11.3 Å². The Labute approximate surface area is 73.5 Å². The van der Waals surface area contributed by atoms with Crippen molar-refractivity contribution in [3.8, 4) is 11.5 Å². The molecule has 0 bridgehead atoms. The van der Waals surface area contributed by atoms with Gasteiger partial charge in [0, 0.05) is 17.3 Å². The molecule has 0 amide bonds. The van der Waals surface area contributed by atoms with Crippen molar-refractivity contribution in [2.45, 2.75) is 6.92 Å². The molecule has 0 aliphatic carbocycles. The largest absolute Gasteiger partial charge is 0.375 e. The van der Waals surface area contributed by atoms with E-state index in [1.54, 1.807) is 6.20 Å². The Bertz CT molecular complexity index is 351. The normalized spacial score (nSPS) is 10.4. The number of aromatic amines is 1. The summed E-state index contributed by atoms with van der Waals surface area (Å²) in [7, 11) is 0. The van der Waals surface area contributed by atoms with Crippen LogP contribution in [0.15, 0.2) is 11.6 Å². The van der Waals surface area contributed by atoms with Gasteiger partial charge in [0.15, 0.2) is 11.0 Å². The third-order valence-electron chi connectivity index (χ3n) is 1.47. The predicted octanol–water partition coefficient (Wildman–Crippen LogP) is 1.42. The van der Waals surface area contributed by atoms with Crippen molar-refractivity contribution >= 4 is 16.5 Å². The summed E-state index contributed by atoms with van der Waals surface area (Å²) < 4.78 is 0. The molecule has 0 saturated heterocycles. The van der Waals surface area contributed by atoms with E-state index in [2.05, 4.69) is 15.0 Å². The SMILES string of the molecule is Cc1cnc(-c2csc(N)n2)[nH]1. The average molecular weight is 180 g/mol. The Morgan fingerprint density at radius 2 is 2.42 bits per heavy atom. The molecule has 2 heterocycles. The smallest absolute Gasteiger partial charge is 0.180 e. The molecule has 0 fully saturated rings. The number of nitrogens with two attached hydrogens (primary N) is 1. The zero-order valence-corrected chi connectivity index (χ0v) is 7.35. The molecule has 2 rings (SSSR count). The van der Waals surface area contributed by atoms with Crippen LogP contribution in [0.2, 0.25) is 0 Å². The molecule has 0 aliphatic heterocycles. The van der Waals surface area contributed by atoms with Gasteiger partial charge in [-0.05, 0) is 6.92 Å². The summed E-state index contributed by atoms with van der Waals surface area (Å²) in [6.45, 7) is 1.95. The second kappa shape index (κ2) is 2.60. The summed E-state index contributed by atoms with van der Waals surface area (Å²) in [5, 5.41) is 2.45. The van der Waals surface area contributed by atoms with Crippen LogP contribution in [0.5, 0.6) is 0 Å². The average Bonchev–Trinajstić information content (AvgIpc) is 2.58. The van der Waals surface area contributed by atoms with E-state index in [0.717, 1.165) is 17.2 Å². The Morgan fingerprint density at radius 1 is 1.58 bits per heavy atom. The van der Waals surface area contributed by atoms with Crippen molar-refractivity contribution in [3.05, 3.63) is 17.3 Å². The van der Waals surface area contributed by atoms with Gasteiger partial charge in [0.1, 0.15) is 5.69 Å². The Hall–Kier alpha value is -1.36. The van der Waals surface area contributed by atoms with Crippen LogP contribution in [0.4, 0.5) is 5.13 Å². The number of anilines is 1. The van der Waals surface area contributed by atoms with Gasteiger partial charge in [-0.3, -0.25) is 0 Å². The van der Waals surface area contributed by atoms with Gasteiger partial charge < -0.3 is 10.7 Å². The molecule has 5 heteroatoms. The van der Waals surface area contributed by atoms with Crippen LogP contribution in [0.1, 0.15) is 5.69 Å². The van der Waals surface area contributed by atoms with E-state index in [1.165, 1.54) is 11.3 Å². The molecule has 0 atom stereocenters. The summed E-state index contributed by atoms with van der Waals surface area (Å²) in [5.41, 5.74) is 7.32. The maximum atomic E-state index is 5.49. The van der Waals surface area contributed by atoms with Crippen LogP contribution in [-0.4, -0.2) is 15.0 Å². The lowest BCUT2D eigenvalue weighted by Crippen LogP contribution is -1.84. The Kier molecular flexibility index (Phi) is 1.58. The number of nitrogens with zero attached hydrogens (tertiary/aromatic N) is 2. The second-order valence-corrected chi connectivity index (χ2v) is 3.38. The first kappa shape index (κ1) is 7.30. The third-order valence-corrected chi connectivity index (χ3v) is 2.14. The van der Waals surface area contributed by atoms with E-state index in [-0.39, 0.29) is 0 Å². The van der Waals surface area contributed by atoms with E-state index in [0.29, 0.717) is 5.13 Å². The molecular weight excluding hydrogens is 172 g/mol. The third kappa shape index (κ3) is 1.18. The summed E-state index contributed by atoms with van der Waals surface area (Å²) in [6.07, 6.45) is 1.77. The van der Waals surface area contributed by atoms with Gasteiger partial charge >= 0.3 is 0 Å². The van der Waals surface area contributed by atoms with Crippen molar-refractivity contribution < 1.29 is 0 Å². The number of thiazole rings is 1. The fraction of sp³-hybridized carbons (Fsp3) is 0.143. The first-order valence-corrected chi connectivity index (χ1v) is 4.36. The lowest BCUT2D eigenvalue weighted by Gasteiger charge is -1.86. The summed E-state index contributed by atoms with van der Waals surface area (Å²) in [4.78, 5) is 11.3. The minimum absolute atomic E-state index is 0.569. The quantitative estimate of drug-likeness (QED) is 0.697. The highest BCUT2D eigenvalue weighted by Crippen LogP contribution is 2.19. The number of aryl methyl sites for hydroxylation is 1.